The van der Waals surface area contributed by atoms with Crippen molar-refractivity contribution in [3.8, 4) is 0 Å². The average Bonchev–Trinajstić information content (AvgIpc) is 2.82. The number of methoxy groups -OCH3 is 1. The molecule has 0 aliphatic heterocycles. The summed E-state index contributed by atoms with van der Waals surface area (Å²) in [5.74, 6) is -3.34. The van der Waals surface area contributed by atoms with Gasteiger partial charge >= 0.3 is 17.9 Å². The van der Waals surface area contributed by atoms with Gasteiger partial charge in [-0.25, -0.2) is 24.2 Å². The number of rotatable bonds is 14. The fourth-order valence-electron chi connectivity index (χ4n) is 2.04. The first-order valence-electron chi connectivity index (χ1n) is 9.66. The molecule has 0 heterocycles. The fraction of sp³-hybridized carbons (Fsp3) is 0.550. The molecule has 180 valence electrons. The highest BCUT2D eigenvalue weighted by molar-refractivity contribution is 5.89. The Hall–Kier alpha value is -2.61. The number of carbonyl (C=O) groups is 3. The van der Waals surface area contributed by atoms with Crippen LogP contribution in [0.3, 0.4) is 0 Å². The van der Waals surface area contributed by atoms with E-state index in [-0.39, 0.29) is 18.8 Å². The van der Waals surface area contributed by atoms with Gasteiger partial charge in [-0.1, -0.05) is 19.1 Å². The van der Waals surface area contributed by atoms with E-state index in [4.69, 9.17) is 14.5 Å². The lowest BCUT2D eigenvalue weighted by atomic mass is 10.1. The number of hydrogen-bond acceptors (Lipinski definition) is 12. The molecule has 0 radical (unpaired) electrons. The van der Waals surface area contributed by atoms with Crippen molar-refractivity contribution in [3.05, 3.63) is 35.4 Å². The van der Waals surface area contributed by atoms with Crippen molar-refractivity contribution in [1.82, 2.24) is 0 Å². The summed E-state index contributed by atoms with van der Waals surface area (Å²) in [6, 6.07) is 6.14. The third kappa shape index (κ3) is 9.68. The normalized spacial score (nSPS) is 14.7. The zero-order chi connectivity index (χ0) is 24.1. The molecule has 0 amide bonds. The molecule has 4 unspecified atom stereocenters. The lowest BCUT2D eigenvalue weighted by Crippen LogP contribution is -2.42. The summed E-state index contributed by atoms with van der Waals surface area (Å²) in [4.78, 5) is 44.5. The van der Waals surface area contributed by atoms with Crippen molar-refractivity contribution in [1.29, 1.82) is 0 Å². The molecule has 0 spiro atoms. The molecule has 0 saturated heterocycles. The van der Waals surface area contributed by atoms with E-state index < -0.39 is 55.5 Å². The Bertz CT molecular complexity index is 720. The van der Waals surface area contributed by atoms with Gasteiger partial charge in [0.1, 0.15) is 32.5 Å². The topological polar surface area (TPSA) is 178 Å². The first kappa shape index (κ1) is 27.4. The molecule has 1 aromatic rings. The molecule has 1 rings (SSSR count). The third-order valence-corrected chi connectivity index (χ3v) is 4.04. The Labute approximate surface area is 184 Å². The van der Waals surface area contributed by atoms with Crippen LogP contribution in [0.2, 0.25) is 0 Å². The van der Waals surface area contributed by atoms with Gasteiger partial charge in [-0.05, 0) is 24.1 Å². The minimum atomic E-state index is -2.19. The number of hydrogen-bond donors (Lipinski definition) is 4. The molecule has 0 aromatic heterocycles. The first-order valence-corrected chi connectivity index (χ1v) is 9.66. The summed E-state index contributed by atoms with van der Waals surface area (Å²) in [6.07, 6.45) is -5.80. The van der Waals surface area contributed by atoms with Gasteiger partial charge in [0.25, 0.3) is 0 Å². The van der Waals surface area contributed by atoms with Crippen molar-refractivity contribution < 1.29 is 58.8 Å². The highest BCUT2D eigenvalue weighted by Gasteiger charge is 2.32. The minimum absolute atomic E-state index is 0.0450. The minimum Gasteiger partial charge on any atom is -0.467 e. The Kier molecular flexibility index (Phi) is 12.4. The van der Waals surface area contributed by atoms with Crippen LogP contribution in [-0.4, -0.2) is 89.7 Å². The van der Waals surface area contributed by atoms with Gasteiger partial charge in [-0.3, -0.25) is 0 Å². The number of benzene rings is 1. The summed E-state index contributed by atoms with van der Waals surface area (Å²) in [7, 11) is 0.956. The van der Waals surface area contributed by atoms with Crippen LogP contribution in [-0.2, 0) is 40.2 Å². The van der Waals surface area contributed by atoms with Crippen LogP contribution >= 0.6 is 0 Å². The maximum Gasteiger partial charge on any atom is 0.338 e. The van der Waals surface area contributed by atoms with Gasteiger partial charge in [0.2, 0.25) is 0 Å². The van der Waals surface area contributed by atoms with Gasteiger partial charge in [-0.15, -0.1) is 0 Å². The van der Waals surface area contributed by atoms with Gasteiger partial charge in [0.15, 0.2) is 12.2 Å². The van der Waals surface area contributed by atoms with E-state index in [1.807, 2.05) is 0 Å². The molecule has 12 nitrogen and oxygen atoms in total. The second-order valence-electron chi connectivity index (χ2n) is 6.60. The summed E-state index contributed by atoms with van der Waals surface area (Å²) in [6.45, 7) is 0.788. The lowest BCUT2D eigenvalue weighted by Gasteiger charge is -2.16. The summed E-state index contributed by atoms with van der Waals surface area (Å²) >= 11 is 0. The Morgan fingerprint density at radius 3 is 2.00 bits per heavy atom. The van der Waals surface area contributed by atoms with Crippen LogP contribution in [0.1, 0.15) is 29.3 Å². The lowest BCUT2D eigenvalue weighted by molar-refractivity contribution is -0.314. The zero-order valence-corrected chi connectivity index (χ0v) is 17.7. The molecule has 0 aliphatic carbocycles. The van der Waals surface area contributed by atoms with Crippen LogP contribution in [0, 0.1) is 0 Å². The predicted molar refractivity (Wildman–Crippen MR) is 105 cm³/mol. The van der Waals surface area contributed by atoms with E-state index in [1.54, 1.807) is 19.1 Å². The molecule has 12 heteroatoms. The van der Waals surface area contributed by atoms with Gasteiger partial charge in [0, 0.05) is 0 Å². The molecule has 0 fully saturated rings. The van der Waals surface area contributed by atoms with E-state index in [9.17, 15) is 34.8 Å². The molecular weight excluding hydrogens is 432 g/mol. The van der Waals surface area contributed by atoms with E-state index in [0.29, 0.717) is 12.0 Å². The Morgan fingerprint density at radius 1 is 0.812 bits per heavy atom. The van der Waals surface area contributed by atoms with Gasteiger partial charge in [0.05, 0.1) is 18.8 Å². The number of ether oxygens (including phenoxy) is 3. The number of carbonyl (C=O) groups excluding carboxylic acids is 3. The van der Waals surface area contributed by atoms with E-state index in [1.165, 1.54) is 12.1 Å². The van der Waals surface area contributed by atoms with Crippen LogP contribution in [0.5, 0.6) is 0 Å². The summed E-state index contributed by atoms with van der Waals surface area (Å²) < 4.78 is 13.7. The molecule has 32 heavy (non-hydrogen) atoms. The Morgan fingerprint density at radius 2 is 1.41 bits per heavy atom. The van der Waals surface area contributed by atoms with Crippen molar-refractivity contribution in [3.63, 3.8) is 0 Å². The summed E-state index contributed by atoms with van der Waals surface area (Å²) in [5, 5.41) is 37.9. The molecular formula is C20H28O12. The van der Waals surface area contributed by atoms with Crippen LogP contribution in [0.15, 0.2) is 24.3 Å². The second kappa shape index (κ2) is 14.5. The maximum atomic E-state index is 12.0. The van der Waals surface area contributed by atoms with Crippen molar-refractivity contribution in [2.24, 2.45) is 0 Å². The Balaban J connectivity index is 2.35. The van der Waals surface area contributed by atoms with Gasteiger partial charge < -0.3 is 34.6 Å². The average molecular weight is 460 g/mol. The molecule has 4 atom stereocenters. The quantitative estimate of drug-likeness (QED) is 0.0863. The SMILES string of the molecule is CCC(O)COOCc1ccc(C(=O)OCC(O)COC(=O)C(O)C(O)C(=O)OC)cc1. The molecule has 0 aliphatic rings. The van der Waals surface area contributed by atoms with Crippen molar-refractivity contribution in [2.45, 2.75) is 44.4 Å². The summed E-state index contributed by atoms with van der Waals surface area (Å²) in [5.41, 5.74) is 0.893. The predicted octanol–water partition coefficient (Wildman–Crippen LogP) is -1.14. The monoisotopic (exact) mass is 460 g/mol. The van der Waals surface area contributed by atoms with Crippen LogP contribution in [0.25, 0.3) is 0 Å². The first-order chi connectivity index (χ1) is 15.2. The largest absolute Gasteiger partial charge is 0.467 e. The van der Waals surface area contributed by atoms with E-state index in [2.05, 4.69) is 9.47 Å². The van der Waals surface area contributed by atoms with E-state index >= 15 is 0 Å². The highest BCUT2D eigenvalue weighted by Crippen LogP contribution is 2.08. The van der Waals surface area contributed by atoms with Gasteiger partial charge in [-0.2, -0.15) is 0 Å². The zero-order valence-electron chi connectivity index (χ0n) is 17.7. The number of aliphatic hydroxyl groups excluding tert-OH is 4. The van der Waals surface area contributed by atoms with E-state index in [0.717, 1.165) is 7.11 Å². The molecule has 0 bridgehead atoms. The third-order valence-electron chi connectivity index (χ3n) is 4.04. The molecule has 4 N–H and O–H groups in total. The van der Waals surface area contributed by atoms with Crippen molar-refractivity contribution >= 4 is 17.9 Å². The maximum absolute atomic E-state index is 12.0. The fourth-order valence-corrected chi connectivity index (χ4v) is 2.04. The van der Waals surface area contributed by atoms with Crippen LogP contribution in [0.4, 0.5) is 0 Å². The van der Waals surface area contributed by atoms with Crippen molar-refractivity contribution in [2.75, 3.05) is 26.9 Å². The number of aliphatic hydroxyl groups is 4. The highest BCUT2D eigenvalue weighted by atomic mass is 17.2. The number of esters is 3. The second-order valence-corrected chi connectivity index (χ2v) is 6.60. The smallest absolute Gasteiger partial charge is 0.338 e. The van der Waals surface area contributed by atoms with Crippen LogP contribution < -0.4 is 0 Å². The standard InChI is InChI=1S/C20H28O12/c1-3-14(21)11-32-31-8-12-4-6-13(7-5-12)18(25)29-9-15(22)10-30-20(27)17(24)16(23)19(26)28-2/h4-7,14-17,21-24H,3,8-11H2,1-2H3. The molecule has 1 aromatic carbocycles. The molecule has 0 saturated carbocycles.